The number of hydroxylamine groups is 1. The number of ketones is 1. The molecular weight excluding hydrogens is 456 g/mol. The largest absolute Gasteiger partial charge is 0.491 e. The zero-order valence-corrected chi connectivity index (χ0v) is 19.6. The van der Waals surface area contributed by atoms with Gasteiger partial charge in [0.05, 0.1) is 12.7 Å². The maximum Gasteiger partial charge on any atom is 0.412 e. The summed E-state index contributed by atoms with van der Waals surface area (Å²) < 4.78 is 16.7. The lowest BCUT2D eigenvalue weighted by atomic mass is 10.00. The number of carbonyl (C=O) groups excluding carboxylic acids is 3. The smallest absolute Gasteiger partial charge is 0.412 e. The predicted octanol–water partition coefficient (Wildman–Crippen LogP) is 3.41. The van der Waals surface area contributed by atoms with E-state index >= 15 is 0 Å². The Morgan fingerprint density at radius 2 is 1.74 bits per heavy atom. The highest BCUT2D eigenvalue weighted by atomic mass is 16.6. The molecule has 0 fully saturated rings. The number of hydrogen-bond acceptors (Lipinski definition) is 8. The first-order valence-corrected chi connectivity index (χ1v) is 10.9. The van der Waals surface area contributed by atoms with Gasteiger partial charge in [-0.1, -0.05) is 18.2 Å². The summed E-state index contributed by atoms with van der Waals surface area (Å²) >= 11 is 0. The number of carbonyl (C=O) groups is 3. The van der Waals surface area contributed by atoms with Crippen molar-refractivity contribution in [1.82, 2.24) is 5.48 Å². The SMILES string of the molecule is CO[C@H](CC/C=C/C(=O)NO)[C@H](OC(=O)Nc1ccc(C(C)=O)cc1)c1ccc(OCCO)cc1. The molecule has 188 valence electrons. The minimum atomic E-state index is -0.802. The third-order valence-corrected chi connectivity index (χ3v) is 4.98. The van der Waals surface area contributed by atoms with Crippen molar-refractivity contribution in [3.05, 3.63) is 71.8 Å². The van der Waals surface area contributed by atoms with Crippen molar-refractivity contribution in [1.29, 1.82) is 0 Å². The fourth-order valence-electron chi connectivity index (χ4n) is 3.21. The van der Waals surface area contributed by atoms with Crippen molar-refractivity contribution in [2.45, 2.75) is 32.0 Å². The van der Waals surface area contributed by atoms with Crippen LogP contribution in [-0.4, -0.2) is 54.5 Å². The molecule has 2 aromatic carbocycles. The molecular formula is C25H30N2O8. The van der Waals surface area contributed by atoms with Crippen LogP contribution in [0.1, 0.15) is 41.8 Å². The third-order valence-electron chi connectivity index (χ3n) is 4.98. The summed E-state index contributed by atoms with van der Waals surface area (Å²) in [5.74, 6) is -0.192. The number of rotatable bonds is 13. The highest BCUT2D eigenvalue weighted by Gasteiger charge is 2.27. The number of methoxy groups -OCH3 is 1. The Balaban J connectivity index is 2.17. The molecule has 0 aliphatic heterocycles. The first-order valence-electron chi connectivity index (χ1n) is 10.9. The van der Waals surface area contributed by atoms with E-state index in [0.29, 0.717) is 35.4 Å². The van der Waals surface area contributed by atoms with E-state index in [1.165, 1.54) is 25.6 Å². The van der Waals surface area contributed by atoms with Crippen molar-refractivity contribution < 1.29 is 38.9 Å². The van der Waals surface area contributed by atoms with Gasteiger partial charge in [-0.25, -0.2) is 10.3 Å². The van der Waals surface area contributed by atoms with E-state index in [4.69, 9.17) is 24.5 Å². The topological polar surface area (TPSA) is 143 Å². The fraction of sp³-hybridized carbons (Fsp3) is 0.320. The summed E-state index contributed by atoms with van der Waals surface area (Å²) in [7, 11) is 1.49. The van der Waals surface area contributed by atoms with Crippen LogP contribution in [0, 0.1) is 0 Å². The number of anilines is 1. The molecule has 2 rings (SSSR count). The van der Waals surface area contributed by atoms with E-state index in [1.54, 1.807) is 54.6 Å². The van der Waals surface area contributed by atoms with Crippen LogP contribution in [0.3, 0.4) is 0 Å². The Hall–Kier alpha value is -3.73. The molecule has 2 atom stereocenters. The highest BCUT2D eigenvalue weighted by molar-refractivity contribution is 5.95. The molecule has 2 aromatic rings. The molecule has 0 aliphatic rings. The average molecular weight is 487 g/mol. The van der Waals surface area contributed by atoms with Crippen LogP contribution in [0.5, 0.6) is 5.75 Å². The summed E-state index contributed by atoms with van der Waals surface area (Å²) in [5, 5.41) is 20.1. The number of allylic oxidation sites excluding steroid dienone is 1. The number of benzene rings is 2. The Labute approximate surface area is 203 Å². The van der Waals surface area contributed by atoms with Crippen LogP contribution >= 0.6 is 0 Å². The average Bonchev–Trinajstić information content (AvgIpc) is 2.87. The number of Topliss-reactive ketones (excluding diaryl/α,β-unsaturated/α-hetero) is 1. The lowest BCUT2D eigenvalue weighted by molar-refractivity contribution is -0.124. The molecule has 0 heterocycles. The minimum absolute atomic E-state index is 0.0842. The van der Waals surface area contributed by atoms with Crippen molar-refractivity contribution in [2.24, 2.45) is 0 Å². The highest BCUT2D eigenvalue weighted by Crippen LogP contribution is 2.29. The summed E-state index contributed by atoms with van der Waals surface area (Å²) in [5.41, 5.74) is 3.14. The zero-order valence-electron chi connectivity index (χ0n) is 19.6. The van der Waals surface area contributed by atoms with Crippen LogP contribution in [0.25, 0.3) is 0 Å². The Morgan fingerprint density at radius 1 is 1.06 bits per heavy atom. The van der Waals surface area contributed by atoms with Gasteiger partial charge in [-0.15, -0.1) is 0 Å². The normalized spacial score (nSPS) is 12.6. The molecule has 0 saturated carbocycles. The van der Waals surface area contributed by atoms with Gasteiger partial charge in [0.15, 0.2) is 11.9 Å². The number of hydrogen-bond donors (Lipinski definition) is 4. The van der Waals surface area contributed by atoms with Gasteiger partial charge in [0, 0.05) is 24.4 Å². The maximum atomic E-state index is 12.7. The third kappa shape index (κ3) is 9.20. The molecule has 0 saturated heterocycles. The molecule has 0 radical (unpaired) electrons. The molecule has 10 heteroatoms. The number of aliphatic hydroxyl groups excluding tert-OH is 1. The van der Waals surface area contributed by atoms with Gasteiger partial charge in [-0.05, 0) is 61.7 Å². The zero-order chi connectivity index (χ0) is 25.6. The van der Waals surface area contributed by atoms with E-state index in [-0.39, 0.29) is 19.0 Å². The summed E-state index contributed by atoms with van der Waals surface area (Å²) in [6.07, 6.45) is 1.49. The van der Waals surface area contributed by atoms with Crippen LogP contribution in [0.15, 0.2) is 60.7 Å². The summed E-state index contributed by atoms with van der Waals surface area (Å²) in [6.45, 7) is 1.49. The molecule has 10 nitrogen and oxygen atoms in total. The first-order chi connectivity index (χ1) is 16.9. The molecule has 0 aromatic heterocycles. The number of nitrogens with one attached hydrogen (secondary N) is 2. The maximum absolute atomic E-state index is 12.7. The summed E-state index contributed by atoms with van der Waals surface area (Å²) in [4.78, 5) is 35.3. The molecule has 0 bridgehead atoms. The Bertz CT molecular complexity index is 990. The quantitative estimate of drug-likeness (QED) is 0.146. The second-order valence-corrected chi connectivity index (χ2v) is 7.46. The van der Waals surface area contributed by atoms with E-state index < -0.39 is 24.2 Å². The second kappa shape index (κ2) is 14.5. The first kappa shape index (κ1) is 27.5. The fourth-order valence-corrected chi connectivity index (χ4v) is 3.21. The van der Waals surface area contributed by atoms with Crippen molar-refractivity contribution in [3.8, 4) is 5.75 Å². The van der Waals surface area contributed by atoms with Crippen LogP contribution < -0.4 is 15.5 Å². The van der Waals surface area contributed by atoms with Gasteiger partial charge < -0.3 is 19.3 Å². The number of ether oxygens (including phenoxy) is 3. The Kier molecular flexibility index (Phi) is 11.4. The number of amides is 2. The van der Waals surface area contributed by atoms with Gasteiger partial charge >= 0.3 is 6.09 Å². The molecule has 2 amide bonds. The van der Waals surface area contributed by atoms with Gasteiger partial charge in [0.2, 0.25) is 0 Å². The van der Waals surface area contributed by atoms with E-state index in [1.807, 2.05) is 0 Å². The van der Waals surface area contributed by atoms with Crippen LogP contribution in [-0.2, 0) is 14.3 Å². The molecule has 0 aliphatic carbocycles. The van der Waals surface area contributed by atoms with Crippen molar-refractivity contribution in [3.63, 3.8) is 0 Å². The van der Waals surface area contributed by atoms with Gasteiger partial charge in [-0.2, -0.15) is 0 Å². The van der Waals surface area contributed by atoms with E-state index in [0.717, 1.165) is 0 Å². The van der Waals surface area contributed by atoms with E-state index in [9.17, 15) is 14.4 Å². The lowest BCUT2D eigenvalue weighted by Crippen LogP contribution is -2.28. The Morgan fingerprint density at radius 3 is 2.31 bits per heavy atom. The molecule has 0 spiro atoms. The minimum Gasteiger partial charge on any atom is -0.491 e. The molecule has 4 N–H and O–H groups in total. The van der Waals surface area contributed by atoms with Crippen LogP contribution in [0.2, 0.25) is 0 Å². The lowest BCUT2D eigenvalue weighted by Gasteiger charge is -2.26. The van der Waals surface area contributed by atoms with Gasteiger partial charge in [0.25, 0.3) is 5.91 Å². The van der Waals surface area contributed by atoms with Gasteiger partial charge in [0.1, 0.15) is 12.4 Å². The number of aliphatic hydroxyl groups is 1. The van der Waals surface area contributed by atoms with Gasteiger partial charge in [-0.3, -0.25) is 20.1 Å². The second-order valence-electron chi connectivity index (χ2n) is 7.46. The molecule has 35 heavy (non-hydrogen) atoms. The van der Waals surface area contributed by atoms with Crippen molar-refractivity contribution >= 4 is 23.5 Å². The monoisotopic (exact) mass is 486 g/mol. The predicted molar refractivity (Wildman–Crippen MR) is 127 cm³/mol. The van der Waals surface area contributed by atoms with Crippen LogP contribution in [0.4, 0.5) is 10.5 Å². The molecule has 0 unspecified atom stereocenters. The van der Waals surface area contributed by atoms with Crippen molar-refractivity contribution in [2.75, 3.05) is 25.6 Å². The summed E-state index contributed by atoms with van der Waals surface area (Å²) in [6, 6.07) is 13.3. The van der Waals surface area contributed by atoms with E-state index in [2.05, 4.69) is 5.32 Å². The standard InChI is InChI=1S/C25H30N2O8/c1-17(29)18-7-11-20(12-8-18)26-25(31)35-24(19-9-13-21(14-10-19)34-16-15-28)22(33-2)5-3-4-6-23(30)27-32/h4,6-14,22,24,28,32H,3,5,15-16H2,1-2H3,(H,26,31)(H,27,30)/b6-4+/t22-,24-/m1/s1.